The van der Waals surface area contributed by atoms with Crippen molar-refractivity contribution in [3.8, 4) is 0 Å². The van der Waals surface area contributed by atoms with Gasteiger partial charge in [0.25, 0.3) is 0 Å². The molecule has 4 heteroatoms. The van der Waals surface area contributed by atoms with Crippen LogP contribution in [-0.2, 0) is 11.3 Å². The Kier molecular flexibility index (Phi) is 5.83. The first-order chi connectivity index (χ1) is 7.24. The molecule has 0 saturated carbocycles. The van der Waals surface area contributed by atoms with Gasteiger partial charge in [-0.25, -0.2) is 4.39 Å². The van der Waals surface area contributed by atoms with Gasteiger partial charge in [0.05, 0.1) is 6.61 Å². The standard InChI is InChI=1S/C11H15BrFNO/c12-10-3-4-11(13)9(7-10)8-15-6-2-1-5-14/h3-4,7H,1-2,5-6,8,14H2. The Morgan fingerprint density at radius 2 is 2.13 bits per heavy atom. The third kappa shape index (κ3) is 4.73. The fourth-order valence-electron chi connectivity index (χ4n) is 1.18. The summed E-state index contributed by atoms with van der Waals surface area (Å²) in [6.45, 7) is 1.62. The molecule has 1 aromatic rings. The Hall–Kier alpha value is -0.450. The zero-order chi connectivity index (χ0) is 11.1. The van der Waals surface area contributed by atoms with E-state index in [1.165, 1.54) is 6.07 Å². The van der Waals surface area contributed by atoms with Gasteiger partial charge in [-0.15, -0.1) is 0 Å². The number of benzene rings is 1. The monoisotopic (exact) mass is 275 g/mol. The fourth-order valence-corrected chi connectivity index (χ4v) is 1.59. The van der Waals surface area contributed by atoms with Crippen molar-refractivity contribution < 1.29 is 9.13 Å². The maximum absolute atomic E-state index is 13.2. The normalized spacial score (nSPS) is 10.6. The summed E-state index contributed by atoms with van der Waals surface area (Å²) >= 11 is 3.29. The molecule has 84 valence electrons. The zero-order valence-electron chi connectivity index (χ0n) is 8.51. The second-order valence-corrected chi connectivity index (χ2v) is 4.20. The Balaban J connectivity index is 2.33. The average Bonchev–Trinajstić information content (AvgIpc) is 2.23. The third-order valence-electron chi connectivity index (χ3n) is 2.01. The molecule has 0 saturated heterocycles. The Morgan fingerprint density at radius 1 is 1.33 bits per heavy atom. The molecule has 2 nitrogen and oxygen atoms in total. The van der Waals surface area contributed by atoms with Crippen molar-refractivity contribution in [2.24, 2.45) is 5.73 Å². The number of hydrogen-bond acceptors (Lipinski definition) is 2. The second-order valence-electron chi connectivity index (χ2n) is 3.28. The molecule has 15 heavy (non-hydrogen) atoms. The molecule has 0 spiro atoms. The molecule has 0 aliphatic heterocycles. The molecule has 0 atom stereocenters. The molecule has 1 rings (SSSR count). The van der Waals surface area contributed by atoms with Gasteiger partial charge in [0.2, 0.25) is 0 Å². The molecule has 0 heterocycles. The van der Waals surface area contributed by atoms with Gasteiger partial charge in [0, 0.05) is 16.6 Å². The summed E-state index contributed by atoms with van der Waals surface area (Å²) in [5.41, 5.74) is 5.92. The molecule has 0 aliphatic rings. The maximum atomic E-state index is 13.2. The van der Waals surface area contributed by atoms with E-state index < -0.39 is 0 Å². The summed E-state index contributed by atoms with van der Waals surface area (Å²) in [6, 6.07) is 4.84. The summed E-state index contributed by atoms with van der Waals surface area (Å²) in [5, 5.41) is 0. The van der Waals surface area contributed by atoms with E-state index in [1.807, 2.05) is 0 Å². The first-order valence-corrected chi connectivity index (χ1v) is 5.75. The number of nitrogens with two attached hydrogens (primary N) is 1. The number of ether oxygens (including phenoxy) is 1. The lowest BCUT2D eigenvalue weighted by Crippen LogP contribution is -2.02. The topological polar surface area (TPSA) is 35.2 Å². The quantitative estimate of drug-likeness (QED) is 0.811. The van der Waals surface area contributed by atoms with Gasteiger partial charge in [-0.2, -0.15) is 0 Å². The van der Waals surface area contributed by atoms with Crippen molar-refractivity contribution in [2.45, 2.75) is 19.4 Å². The first kappa shape index (κ1) is 12.6. The minimum Gasteiger partial charge on any atom is -0.377 e. The van der Waals surface area contributed by atoms with Crippen LogP contribution >= 0.6 is 15.9 Å². The predicted octanol–water partition coefficient (Wildman–Crippen LogP) is 2.84. The van der Waals surface area contributed by atoms with Crippen molar-refractivity contribution >= 4 is 15.9 Å². The van der Waals surface area contributed by atoms with Crippen LogP contribution in [0.1, 0.15) is 18.4 Å². The maximum Gasteiger partial charge on any atom is 0.128 e. The lowest BCUT2D eigenvalue weighted by atomic mass is 10.2. The van der Waals surface area contributed by atoms with E-state index in [9.17, 15) is 4.39 Å². The van der Waals surface area contributed by atoms with Gasteiger partial charge >= 0.3 is 0 Å². The van der Waals surface area contributed by atoms with Crippen molar-refractivity contribution in [2.75, 3.05) is 13.2 Å². The zero-order valence-corrected chi connectivity index (χ0v) is 10.1. The molecule has 0 bridgehead atoms. The van der Waals surface area contributed by atoms with Crippen molar-refractivity contribution in [3.63, 3.8) is 0 Å². The van der Waals surface area contributed by atoms with Crippen LogP contribution in [0, 0.1) is 5.82 Å². The van der Waals surface area contributed by atoms with Crippen molar-refractivity contribution in [1.29, 1.82) is 0 Å². The molecule has 1 aromatic carbocycles. The summed E-state index contributed by atoms with van der Waals surface area (Å²) in [5.74, 6) is -0.225. The van der Waals surface area contributed by atoms with Crippen LogP contribution in [0.3, 0.4) is 0 Å². The molecule has 2 N–H and O–H groups in total. The highest BCUT2D eigenvalue weighted by Gasteiger charge is 2.02. The van der Waals surface area contributed by atoms with Gasteiger partial charge in [0.1, 0.15) is 5.82 Å². The van der Waals surface area contributed by atoms with E-state index >= 15 is 0 Å². The average molecular weight is 276 g/mol. The SMILES string of the molecule is NCCCCOCc1cc(Br)ccc1F. The van der Waals surface area contributed by atoms with Crippen molar-refractivity contribution in [1.82, 2.24) is 0 Å². The van der Waals surface area contributed by atoms with Crippen molar-refractivity contribution in [3.05, 3.63) is 34.1 Å². The highest BCUT2D eigenvalue weighted by Crippen LogP contribution is 2.16. The van der Waals surface area contributed by atoms with Crippen LogP contribution in [0.5, 0.6) is 0 Å². The van der Waals surface area contributed by atoms with Crippen LogP contribution in [0.25, 0.3) is 0 Å². The summed E-state index contributed by atoms with van der Waals surface area (Å²) in [7, 11) is 0. The van der Waals surface area contributed by atoms with E-state index in [-0.39, 0.29) is 5.82 Å². The molecule has 0 radical (unpaired) electrons. The van der Waals surface area contributed by atoms with Gasteiger partial charge in [-0.05, 0) is 37.6 Å². The van der Waals surface area contributed by atoms with Crippen LogP contribution in [0.4, 0.5) is 4.39 Å². The fraction of sp³-hybridized carbons (Fsp3) is 0.455. The van der Waals surface area contributed by atoms with E-state index in [4.69, 9.17) is 10.5 Å². The van der Waals surface area contributed by atoms with Gasteiger partial charge < -0.3 is 10.5 Å². The molecule has 0 aliphatic carbocycles. The lowest BCUT2D eigenvalue weighted by Gasteiger charge is -2.05. The molecule has 0 amide bonds. The third-order valence-corrected chi connectivity index (χ3v) is 2.50. The highest BCUT2D eigenvalue weighted by molar-refractivity contribution is 9.10. The lowest BCUT2D eigenvalue weighted by molar-refractivity contribution is 0.115. The predicted molar refractivity (Wildman–Crippen MR) is 62.0 cm³/mol. The second kappa shape index (κ2) is 6.93. The molecular formula is C11H15BrFNO. The number of rotatable bonds is 6. The van der Waals surface area contributed by atoms with Gasteiger partial charge in [-0.1, -0.05) is 15.9 Å². The largest absolute Gasteiger partial charge is 0.377 e. The van der Waals surface area contributed by atoms with E-state index in [0.29, 0.717) is 25.3 Å². The van der Waals surface area contributed by atoms with Crippen LogP contribution in [0.2, 0.25) is 0 Å². The Morgan fingerprint density at radius 3 is 2.87 bits per heavy atom. The van der Waals surface area contributed by atoms with Gasteiger partial charge in [0.15, 0.2) is 0 Å². The first-order valence-electron chi connectivity index (χ1n) is 4.96. The summed E-state index contributed by atoms with van der Waals surface area (Å²) < 4.78 is 19.4. The number of halogens is 2. The molecule has 0 aromatic heterocycles. The minimum absolute atomic E-state index is 0.225. The summed E-state index contributed by atoms with van der Waals surface area (Å²) in [6.07, 6.45) is 1.87. The van der Waals surface area contributed by atoms with Crippen LogP contribution in [0.15, 0.2) is 22.7 Å². The van der Waals surface area contributed by atoms with Crippen LogP contribution in [-0.4, -0.2) is 13.2 Å². The van der Waals surface area contributed by atoms with E-state index in [2.05, 4.69) is 15.9 Å². The van der Waals surface area contributed by atoms with E-state index in [1.54, 1.807) is 12.1 Å². The number of unbranched alkanes of at least 4 members (excludes halogenated alkanes) is 1. The van der Waals surface area contributed by atoms with Gasteiger partial charge in [-0.3, -0.25) is 0 Å². The highest BCUT2D eigenvalue weighted by atomic mass is 79.9. The minimum atomic E-state index is -0.225. The van der Waals surface area contributed by atoms with E-state index in [0.717, 1.165) is 17.3 Å². The molecular weight excluding hydrogens is 261 g/mol. The Bertz CT molecular complexity index is 307. The molecule has 0 unspecified atom stereocenters. The summed E-state index contributed by atoms with van der Waals surface area (Å²) in [4.78, 5) is 0. The smallest absolute Gasteiger partial charge is 0.128 e. The van der Waals surface area contributed by atoms with Crippen LogP contribution < -0.4 is 5.73 Å². The Labute approximate surface area is 97.7 Å². The number of hydrogen-bond donors (Lipinski definition) is 1. The molecule has 0 fully saturated rings.